The van der Waals surface area contributed by atoms with E-state index in [-0.39, 0.29) is 23.5 Å². The third kappa shape index (κ3) is 3.31. The van der Waals surface area contributed by atoms with Gasteiger partial charge in [-0.15, -0.1) is 11.3 Å². The maximum atomic E-state index is 13.0. The van der Waals surface area contributed by atoms with Gasteiger partial charge in [0.25, 0.3) is 5.91 Å². The summed E-state index contributed by atoms with van der Waals surface area (Å²) in [6.45, 7) is 3.81. The van der Waals surface area contributed by atoms with Crippen LogP contribution in [0.2, 0.25) is 0 Å². The van der Waals surface area contributed by atoms with Gasteiger partial charge in [0.1, 0.15) is 5.82 Å². The lowest BCUT2D eigenvalue weighted by Crippen LogP contribution is -2.59. The van der Waals surface area contributed by atoms with E-state index < -0.39 is 0 Å². The number of hydrogen-bond donors (Lipinski definition) is 0. The Kier molecular flexibility index (Phi) is 4.63. The fourth-order valence-electron chi connectivity index (χ4n) is 3.45. The van der Waals surface area contributed by atoms with Crippen molar-refractivity contribution in [2.75, 3.05) is 44.2 Å². The number of piperazine rings is 1. The summed E-state index contributed by atoms with van der Waals surface area (Å²) in [6.07, 6.45) is 0. The summed E-state index contributed by atoms with van der Waals surface area (Å²) in [7, 11) is 0. The van der Waals surface area contributed by atoms with Gasteiger partial charge in [-0.05, 0) is 35.7 Å². The van der Waals surface area contributed by atoms with Crippen LogP contribution in [0.15, 0.2) is 41.8 Å². The largest absolute Gasteiger partial charge is 0.368 e. The summed E-state index contributed by atoms with van der Waals surface area (Å²) in [6, 6.07) is 10.1. The Morgan fingerprint density at radius 3 is 2.27 bits per heavy atom. The SMILES string of the molecule is O=C(c1cccs1)N1CC(C(=O)N2CCN(c3ccc(F)cc3)CC2)C1. The lowest BCUT2D eigenvalue weighted by atomic mass is 9.97. The molecule has 0 N–H and O–H groups in total. The molecule has 3 heterocycles. The first kappa shape index (κ1) is 17.0. The predicted octanol–water partition coefficient (Wildman–Crippen LogP) is 2.31. The number of halogens is 1. The molecule has 0 saturated carbocycles. The van der Waals surface area contributed by atoms with Crippen molar-refractivity contribution in [1.29, 1.82) is 0 Å². The molecular weight excluding hydrogens is 353 g/mol. The minimum absolute atomic E-state index is 0.0187. The van der Waals surface area contributed by atoms with E-state index in [2.05, 4.69) is 4.90 Å². The second-order valence-corrected chi connectivity index (χ2v) is 7.62. The zero-order chi connectivity index (χ0) is 18.1. The lowest BCUT2D eigenvalue weighted by Gasteiger charge is -2.43. The molecule has 136 valence electrons. The Morgan fingerprint density at radius 1 is 0.962 bits per heavy atom. The Bertz CT molecular complexity index is 780. The molecule has 2 amide bonds. The van der Waals surface area contributed by atoms with Gasteiger partial charge in [0, 0.05) is 45.0 Å². The number of carbonyl (C=O) groups is 2. The first-order valence-corrected chi connectivity index (χ1v) is 9.62. The molecule has 1 aromatic carbocycles. The van der Waals surface area contributed by atoms with Gasteiger partial charge < -0.3 is 14.7 Å². The van der Waals surface area contributed by atoms with Crippen molar-refractivity contribution in [3.8, 4) is 0 Å². The first-order chi connectivity index (χ1) is 12.6. The van der Waals surface area contributed by atoms with Crippen molar-refractivity contribution < 1.29 is 14.0 Å². The van der Waals surface area contributed by atoms with Gasteiger partial charge >= 0.3 is 0 Å². The molecule has 0 spiro atoms. The predicted molar refractivity (Wildman–Crippen MR) is 98.9 cm³/mol. The van der Waals surface area contributed by atoms with Crippen LogP contribution < -0.4 is 4.90 Å². The molecule has 0 atom stereocenters. The second kappa shape index (κ2) is 7.07. The van der Waals surface area contributed by atoms with E-state index in [4.69, 9.17) is 0 Å². The second-order valence-electron chi connectivity index (χ2n) is 6.67. The fourth-order valence-corrected chi connectivity index (χ4v) is 4.14. The Labute approximate surface area is 155 Å². The van der Waals surface area contributed by atoms with E-state index in [1.807, 2.05) is 22.4 Å². The van der Waals surface area contributed by atoms with E-state index in [0.717, 1.165) is 23.7 Å². The van der Waals surface area contributed by atoms with E-state index in [0.29, 0.717) is 26.2 Å². The smallest absolute Gasteiger partial charge is 0.263 e. The summed E-state index contributed by atoms with van der Waals surface area (Å²) in [5.74, 6) is -0.172. The molecule has 2 saturated heterocycles. The van der Waals surface area contributed by atoms with Gasteiger partial charge in [0.05, 0.1) is 10.8 Å². The first-order valence-electron chi connectivity index (χ1n) is 8.74. The molecule has 2 aromatic rings. The standard InChI is InChI=1S/C19H20FN3O2S/c20-15-3-5-16(6-4-15)21-7-9-22(10-8-21)18(24)14-12-23(13-14)19(25)17-2-1-11-26-17/h1-6,11,14H,7-10,12-13H2. The van der Waals surface area contributed by atoms with Crippen LogP contribution in [0.5, 0.6) is 0 Å². The third-order valence-corrected chi connectivity index (χ3v) is 5.89. The van der Waals surface area contributed by atoms with Crippen LogP contribution in [0.4, 0.5) is 10.1 Å². The quantitative estimate of drug-likeness (QED) is 0.829. The monoisotopic (exact) mass is 373 g/mol. The van der Waals surface area contributed by atoms with Crippen LogP contribution in [-0.2, 0) is 4.79 Å². The van der Waals surface area contributed by atoms with Crippen LogP contribution in [0, 0.1) is 11.7 Å². The van der Waals surface area contributed by atoms with Crippen LogP contribution >= 0.6 is 11.3 Å². The number of hydrogen-bond acceptors (Lipinski definition) is 4. The maximum absolute atomic E-state index is 13.0. The van der Waals surface area contributed by atoms with Gasteiger partial charge in [-0.25, -0.2) is 4.39 Å². The van der Waals surface area contributed by atoms with Crippen molar-refractivity contribution in [3.05, 3.63) is 52.5 Å². The molecule has 26 heavy (non-hydrogen) atoms. The molecule has 2 fully saturated rings. The highest BCUT2D eigenvalue weighted by molar-refractivity contribution is 7.12. The minimum Gasteiger partial charge on any atom is -0.368 e. The Balaban J connectivity index is 1.27. The summed E-state index contributed by atoms with van der Waals surface area (Å²) in [4.78, 5) is 31.4. The molecule has 2 aliphatic heterocycles. The molecule has 1 aromatic heterocycles. The molecule has 0 bridgehead atoms. The number of nitrogens with zero attached hydrogens (tertiary/aromatic N) is 3. The summed E-state index contributed by atoms with van der Waals surface area (Å²) < 4.78 is 13.0. The summed E-state index contributed by atoms with van der Waals surface area (Å²) in [5.41, 5.74) is 0.981. The molecule has 4 rings (SSSR count). The van der Waals surface area contributed by atoms with E-state index in [1.54, 1.807) is 17.0 Å². The van der Waals surface area contributed by atoms with Gasteiger partial charge in [0.15, 0.2) is 0 Å². The summed E-state index contributed by atoms with van der Waals surface area (Å²) >= 11 is 1.43. The van der Waals surface area contributed by atoms with E-state index >= 15 is 0 Å². The highest BCUT2D eigenvalue weighted by Crippen LogP contribution is 2.24. The topological polar surface area (TPSA) is 43.9 Å². The number of amides is 2. The highest BCUT2D eigenvalue weighted by atomic mass is 32.1. The van der Waals surface area contributed by atoms with Crippen LogP contribution in [-0.4, -0.2) is 60.9 Å². The highest BCUT2D eigenvalue weighted by Gasteiger charge is 2.39. The average Bonchev–Trinajstić information content (AvgIpc) is 3.16. The van der Waals surface area contributed by atoms with Crippen molar-refractivity contribution in [2.24, 2.45) is 5.92 Å². The molecule has 2 aliphatic rings. The van der Waals surface area contributed by atoms with Crippen LogP contribution in [0.25, 0.3) is 0 Å². The maximum Gasteiger partial charge on any atom is 0.263 e. The number of anilines is 1. The molecule has 0 aliphatic carbocycles. The lowest BCUT2D eigenvalue weighted by molar-refractivity contribution is -0.140. The van der Waals surface area contributed by atoms with Crippen LogP contribution in [0.3, 0.4) is 0 Å². The zero-order valence-electron chi connectivity index (χ0n) is 14.3. The van der Waals surface area contributed by atoms with Gasteiger partial charge in [-0.3, -0.25) is 9.59 Å². The van der Waals surface area contributed by atoms with Gasteiger partial charge in [0.2, 0.25) is 5.91 Å². The minimum atomic E-state index is -0.241. The van der Waals surface area contributed by atoms with Crippen molar-refractivity contribution in [3.63, 3.8) is 0 Å². The molecule has 5 nitrogen and oxygen atoms in total. The number of rotatable bonds is 3. The van der Waals surface area contributed by atoms with E-state index in [1.165, 1.54) is 23.5 Å². The van der Waals surface area contributed by atoms with Crippen LogP contribution in [0.1, 0.15) is 9.67 Å². The third-order valence-electron chi connectivity index (χ3n) is 5.03. The number of carbonyl (C=O) groups excluding carboxylic acids is 2. The molecule has 7 heteroatoms. The number of benzene rings is 1. The van der Waals surface area contributed by atoms with Crippen molar-refractivity contribution in [2.45, 2.75) is 0 Å². The molecule has 0 radical (unpaired) electrons. The Hall–Kier alpha value is -2.41. The zero-order valence-corrected chi connectivity index (χ0v) is 15.1. The average molecular weight is 373 g/mol. The van der Waals surface area contributed by atoms with Gasteiger partial charge in [-0.2, -0.15) is 0 Å². The van der Waals surface area contributed by atoms with Crippen molar-refractivity contribution >= 4 is 28.8 Å². The fraction of sp³-hybridized carbons (Fsp3) is 0.368. The van der Waals surface area contributed by atoms with Gasteiger partial charge in [-0.1, -0.05) is 6.07 Å². The molecule has 0 unspecified atom stereocenters. The number of likely N-dealkylation sites (tertiary alicyclic amines) is 1. The molecular formula is C19H20FN3O2S. The summed E-state index contributed by atoms with van der Waals surface area (Å²) in [5, 5.41) is 1.89. The normalized spacial score (nSPS) is 18.0. The van der Waals surface area contributed by atoms with E-state index in [9.17, 15) is 14.0 Å². The Morgan fingerprint density at radius 2 is 1.65 bits per heavy atom. The van der Waals surface area contributed by atoms with Crippen molar-refractivity contribution in [1.82, 2.24) is 9.80 Å². The number of thiophene rings is 1.